The van der Waals surface area contributed by atoms with Crippen LogP contribution in [-0.4, -0.2) is 163 Å². The van der Waals surface area contributed by atoms with Crippen LogP contribution in [-0.2, 0) is 23.7 Å². The van der Waals surface area contributed by atoms with Gasteiger partial charge >= 0.3 is 0 Å². The van der Waals surface area contributed by atoms with E-state index in [-0.39, 0.29) is 5.92 Å². The van der Waals surface area contributed by atoms with Crippen LogP contribution in [0.1, 0.15) is 20.3 Å². The molecule has 0 bridgehead atoms. The number of hydrogen-bond acceptors (Lipinski definition) is 15. The smallest absolute Gasteiger partial charge is 0.187 e. The van der Waals surface area contributed by atoms with Gasteiger partial charge < -0.3 is 74.7 Å². The maximum Gasteiger partial charge on any atom is 0.187 e. The van der Waals surface area contributed by atoms with E-state index in [0.29, 0.717) is 6.42 Å². The minimum atomic E-state index is -1.81. The van der Waals surface area contributed by atoms with Gasteiger partial charge in [-0.15, -0.1) is 0 Å². The second-order valence-electron chi connectivity index (χ2n) is 9.79. The van der Waals surface area contributed by atoms with E-state index in [4.69, 9.17) is 23.7 Å². The summed E-state index contributed by atoms with van der Waals surface area (Å²) in [6.45, 7) is 1.56. The van der Waals surface area contributed by atoms with Crippen molar-refractivity contribution in [3.8, 4) is 0 Å². The maximum atomic E-state index is 11.0. The van der Waals surface area contributed by atoms with Gasteiger partial charge in [-0.1, -0.05) is 20.3 Å². The first-order valence-electron chi connectivity index (χ1n) is 12.4. The number of hydrogen-bond donors (Lipinski definition) is 10. The number of ether oxygens (including phenoxy) is 5. The van der Waals surface area contributed by atoms with E-state index in [1.54, 1.807) is 6.92 Å². The first-order valence-corrected chi connectivity index (χ1v) is 12.4. The van der Waals surface area contributed by atoms with Crippen LogP contribution >= 0.6 is 0 Å². The first kappa shape index (κ1) is 30.9. The predicted octanol–water partition coefficient (Wildman–Crippen LogP) is -5.48. The van der Waals surface area contributed by atoms with E-state index in [0.717, 1.165) is 0 Å². The van der Waals surface area contributed by atoms with Gasteiger partial charge in [-0.3, -0.25) is 0 Å². The van der Waals surface area contributed by atoms with Gasteiger partial charge in [0.2, 0.25) is 0 Å². The molecule has 3 aliphatic rings. The number of rotatable bonds is 9. The molecular formula is C22H40O15. The summed E-state index contributed by atoms with van der Waals surface area (Å²) < 4.78 is 28.5. The molecule has 0 radical (unpaired) electrons. The van der Waals surface area contributed by atoms with Gasteiger partial charge in [-0.2, -0.15) is 0 Å². The lowest BCUT2D eigenvalue weighted by Crippen LogP contribution is -2.67. The standard InChI is InChI=1S/C22H40O15/c1-3-7(2)18-20(37-22-17(32)15(30)12(27)9(5-24)35-22)19(13(28)10(6-25)33-18)36-21-16(31)14(29)11(26)8(4-23)34-21/h7-32H,3-6H2,1-2H3/t7-,8+,9+,10+,11+,12+,13+,14-,15-,16+,17+,18?,19-,20-,21-,22-/m0/s1. The molecule has 1 unspecified atom stereocenters. The molecule has 37 heavy (non-hydrogen) atoms. The molecule has 0 aromatic heterocycles. The van der Waals surface area contributed by atoms with Crippen molar-refractivity contribution in [3.63, 3.8) is 0 Å². The molecule has 0 aromatic rings. The zero-order valence-electron chi connectivity index (χ0n) is 20.6. The summed E-state index contributed by atoms with van der Waals surface area (Å²) >= 11 is 0. The van der Waals surface area contributed by atoms with Gasteiger partial charge in [-0.25, -0.2) is 0 Å². The summed E-state index contributed by atoms with van der Waals surface area (Å²) in [7, 11) is 0. The molecule has 15 heteroatoms. The van der Waals surface area contributed by atoms with Crippen LogP contribution in [0.3, 0.4) is 0 Å². The largest absolute Gasteiger partial charge is 0.394 e. The van der Waals surface area contributed by atoms with Crippen LogP contribution in [0.2, 0.25) is 0 Å². The van der Waals surface area contributed by atoms with E-state index in [1.165, 1.54) is 0 Å². The molecule has 16 atom stereocenters. The molecule has 0 saturated carbocycles. The SMILES string of the molecule is CC[C@H](C)C1O[C@H](CO)[C@@H](O)[C@H](O[C@@H]2O[C@H](CO)[C@@H](O)[C@H](O)[C@H]2O)[C@H]1O[C@@H]1O[C@H](CO)[C@@H](O)[C@H](O)[C@H]1O. The van der Waals surface area contributed by atoms with Crippen LogP contribution in [0.15, 0.2) is 0 Å². The third kappa shape index (κ3) is 6.26. The van der Waals surface area contributed by atoms with Crippen molar-refractivity contribution < 1.29 is 74.7 Å². The molecule has 0 spiro atoms. The molecule has 3 aliphatic heterocycles. The highest BCUT2D eigenvalue weighted by atomic mass is 16.7. The van der Waals surface area contributed by atoms with Crippen molar-refractivity contribution in [2.45, 2.75) is 112 Å². The van der Waals surface area contributed by atoms with Gasteiger partial charge in [0.05, 0.1) is 25.9 Å². The highest BCUT2D eigenvalue weighted by molar-refractivity contribution is 4.99. The van der Waals surface area contributed by atoms with Gasteiger partial charge in [-0.05, 0) is 5.92 Å². The molecular weight excluding hydrogens is 504 g/mol. The first-order chi connectivity index (χ1) is 17.5. The zero-order chi connectivity index (χ0) is 27.6. The van der Waals surface area contributed by atoms with Crippen LogP contribution < -0.4 is 0 Å². The Labute approximate surface area is 213 Å². The Bertz CT molecular complexity index is 697. The zero-order valence-corrected chi connectivity index (χ0v) is 20.6. The molecule has 3 fully saturated rings. The highest BCUT2D eigenvalue weighted by Crippen LogP contribution is 2.36. The van der Waals surface area contributed by atoms with Gasteiger partial charge in [0.25, 0.3) is 0 Å². The molecule has 3 saturated heterocycles. The van der Waals surface area contributed by atoms with Crippen molar-refractivity contribution in [2.24, 2.45) is 5.92 Å². The van der Waals surface area contributed by atoms with Crippen LogP contribution in [0, 0.1) is 5.92 Å². The lowest BCUT2D eigenvalue weighted by atomic mass is 9.86. The molecule has 0 amide bonds. The minimum absolute atomic E-state index is 0.294. The molecule has 0 aromatic carbocycles. The summed E-state index contributed by atoms with van der Waals surface area (Å²) in [5.41, 5.74) is 0. The number of aliphatic hydroxyl groups excluding tert-OH is 10. The van der Waals surface area contributed by atoms with Crippen LogP contribution in [0.5, 0.6) is 0 Å². The van der Waals surface area contributed by atoms with E-state index in [2.05, 4.69) is 0 Å². The van der Waals surface area contributed by atoms with Gasteiger partial charge in [0, 0.05) is 0 Å². The summed E-state index contributed by atoms with van der Waals surface area (Å²) in [5, 5.41) is 101. The quantitative estimate of drug-likeness (QED) is 0.130. The van der Waals surface area contributed by atoms with E-state index in [9.17, 15) is 51.1 Å². The summed E-state index contributed by atoms with van der Waals surface area (Å²) in [5.74, 6) is -0.294. The van der Waals surface area contributed by atoms with E-state index < -0.39 is 112 Å². The second-order valence-corrected chi connectivity index (χ2v) is 9.79. The lowest BCUT2D eigenvalue weighted by Gasteiger charge is -2.50. The fourth-order valence-corrected chi connectivity index (χ4v) is 4.78. The number of aliphatic hydroxyl groups is 10. The topological polar surface area (TPSA) is 248 Å². The molecule has 0 aliphatic carbocycles. The molecule has 3 heterocycles. The average Bonchev–Trinajstić information content (AvgIpc) is 2.90. The Balaban J connectivity index is 1.93. The van der Waals surface area contributed by atoms with Crippen molar-refractivity contribution in [2.75, 3.05) is 19.8 Å². The Kier molecular flexibility index (Phi) is 11.0. The average molecular weight is 545 g/mol. The Morgan fingerprint density at radius 3 is 1.38 bits per heavy atom. The monoisotopic (exact) mass is 544 g/mol. The van der Waals surface area contributed by atoms with Crippen LogP contribution in [0.25, 0.3) is 0 Å². The van der Waals surface area contributed by atoms with Crippen molar-refractivity contribution in [1.29, 1.82) is 0 Å². The van der Waals surface area contributed by atoms with Crippen LogP contribution in [0.4, 0.5) is 0 Å². The Morgan fingerprint density at radius 2 is 0.973 bits per heavy atom. The summed E-state index contributed by atoms with van der Waals surface area (Å²) in [6.07, 6.45) is -22.2. The van der Waals surface area contributed by atoms with E-state index in [1.807, 2.05) is 6.92 Å². The third-order valence-corrected chi connectivity index (χ3v) is 7.36. The fourth-order valence-electron chi connectivity index (χ4n) is 4.78. The van der Waals surface area contributed by atoms with Gasteiger partial charge in [0.1, 0.15) is 73.2 Å². The normalized spacial score (nSPS) is 50.1. The molecule has 15 nitrogen and oxygen atoms in total. The molecule has 10 N–H and O–H groups in total. The summed E-state index contributed by atoms with van der Waals surface area (Å²) in [4.78, 5) is 0. The predicted molar refractivity (Wildman–Crippen MR) is 118 cm³/mol. The van der Waals surface area contributed by atoms with Crippen molar-refractivity contribution in [1.82, 2.24) is 0 Å². The highest BCUT2D eigenvalue weighted by Gasteiger charge is 2.54. The maximum absolute atomic E-state index is 11.0. The summed E-state index contributed by atoms with van der Waals surface area (Å²) in [6, 6.07) is 0. The third-order valence-electron chi connectivity index (χ3n) is 7.36. The van der Waals surface area contributed by atoms with Crippen molar-refractivity contribution >= 4 is 0 Å². The molecule has 3 rings (SSSR count). The van der Waals surface area contributed by atoms with Gasteiger partial charge in [0.15, 0.2) is 12.6 Å². The minimum Gasteiger partial charge on any atom is -0.394 e. The Hall–Kier alpha value is -0.600. The lowest BCUT2D eigenvalue weighted by molar-refractivity contribution is -0.373. The Morgan fingerprint density at radius 1 is 0.568 bits per heavy atom. The molecule has 218 valence electrons. The van der Waals surface area contributed by atoms with E-state index >= 15 is 0 Å². The van der Waals surface area contributed by atoms with Crippen molar-refractivity contribution in [3.05, 3.63) is 0 Å². The second kappa shape index (κ2) is 13.2. The fraction of sp³-hybridized carbons (Fsp3) is 1.00.